The van der Waals surface area contributed by atoms with Gasteiger partial charge in [-0.25, -0.2) is 4.79 Å². The van der Waals surface area contributed by atoms with Gasteiger partial charge in [0, 0.05) is 18.2 Å². The van der Waals surface area contributed by atoms with Gasteiger partial charge in [0.1, 0.15) is 4.88 Å². The molecule has 21 heavy (non-hydrogen) atoms. The first-order valence-electron chi connectivity index (χ1n) is 6.53. The molecule has 1 aromatic rings. The summed E-state index contributed by atoms with van der Waals surface area (Å²) in [4.78, 5) is 35.1. The maximum absolute atomic E-state index is 11.5. The third-order valence-corrected chi connectivity index (χ3v) is 3.94. The van der Waals surface area contributed by atoms with Crippen molar-refractivity contribution in [2.24, 2.45) is 0 Å². The molecule has 1 aromatic heterocycles. The maximum Gasteiger partial charge on any atom is 0.348 e. The Morgan fingerprint density at radius 2 is 1.90 bits per heavy atom. The molecule has 1 amide bonds. The molecular formula is C14H19NO5S. The van der Waals surface area contributed by atoms with Gasteiger partial charge >= 0.3 is 11.9 Å². The number of esters is 2. The molecule has 0 unspecified atom stereocenters. The summed E-state index contributed by atoms with van der Waals surface area (Å²) in [5, 5.41) is 2.71. The molecule has 0 bridgehead atoms. The van der Waals surface area contributed by atoms with E-state index >= 15 is 0 Å². The van der Waals surface area contributed by atoms with Gasteiger partial charge in [0.25, 0.3) is 0 Å². The lowest BCUT2D eigenvalue weighted by Crippen LogP contribution is -2.06. The van der Waals surface area contributed by atoms with Crippen LogP contribution in [0.4, 0.5) is 5.69 Å². The van der Waals surface area contributed by atoms with Crippen molar-refractivity contribution >= 4 is 34.9 Å². The van der Waals surface area contributed by atoms with Gasteiger partial charge in [-0.3, -0.25) is 9.59 Å². The third kappa shape index (κ3) is 5.55. The van der Waals surface area contributed by atoms with E-state index in [0.29, 0.717) is 29.8 Å². The Morgan fingerprint density at radius 1 is 1.19 bits per heavy atom. The number of hydrogen-bond donors (Lipinski definition) is 1. The summed E-state index contributed by atoms with van der Waals surface area (Å²) in [7, 11) is 2.68. The Labute approximate surface area is 127 Å². The second-order valence-electron chi connectivity index (χ2n) is 4.40. The molecule has 1 heterocycles. The smallest absolute Gasteiger partial charge is 0.348 e. The predicted octanol–water partition coefficient (Wildman–Crippen LogP) is 2.38. The molecule has 0 atom stereocenters. The van der Waals surface area contributed by atoms with Crippen molar-refractivity contribution in [3.05, 3.63) is 15.8 Å². The Balaban J connectivity index is 2.69. The van der Waals surface area contributed by atoms with Crippen molar-refractivity contribution in [2.45, 2.75) is 32.6 Å². The summed E-state index contributed by atoms with van der Waals surface area (Å²) in [5.41, 5.74) is 0.631. The lowest BCUT2D eigenvalue weighted by Gasteiger charge is -2.03. The fourth-order valence-electron chi connectivity index (χ4n) is 1.77. The number of carbonyl (C=O) groups is 3. The van der Waals surface area contributed by atoms with Gasteiger partial charge < -0.3 is 14.8 Å². The van der Waals surface area contributed by atoms with Crippen LogP contribution in [-0.2, 0) is 25.5 Å². The Bertz CT molecular complexity index is 523. The number of rotatable bonds is 7. The zero-order valence-corrected chi connectivity index (χ0v) is 13.2. The number of carbonyl (C=O) groups excluding carboxylic acids is 3. The number of nitrogens with one attached hydrogen (secondary N) is 1. The van der Waals surface area contributed by atoms with Gasteiger partial charge in [0.2, 0.25) is 5.91 Å². The summed E-state index contributed by atoms with van der Waals surface area (Å²) in [6.07, 6.45) is 2.50. The average Bonchev–Trinajstić information content (AvgIpc) is 2.84. The first-order valence-corrected chi connectivity index (χ1v) is 7.35. The molecule has 0 spiro atoms. The van der Waals surface area contributed by atoms with Gasteiger partial charge in [0.05, 0.1) is 19.9 Å². The van der Waals surface area contributed by atoms with E-state index in [1.54, 1.807) is 6.07 Å². The van der Waals surface area contributed by atoms with Crippen LogP contribution in [0.1, 0.15) is 40.7 Å². The fraction of sp³-hybridized carbons (Fsp3) is 0.500. The summed E-state index contributed by atoms with van der Waals surface area (Å²) < 4.78 is 9.25. The molecule has 0 radical (unpaired) electrons. The number of ether oxygens (including phenoxy) is 2. The Kier molecular flexibility index (Phi) is 6.87. The zero-order chi connectivity index (χ0) is 15.8. The quantitative estimate of drug-likeness (QED) is 0.617. The lowest BCUT2D eigenvalue weighted by molar-refractivity contribution is -0.140. The van der Waals surface area contributed by atoms with Crippen molar-refractivity contribution in [3.8, 4) is 0 Å². The van der Waals surface area contributed by atoms with Crippen molar-refractivity contribution in [2.75, 3.05) is 19.5 Å². The summed E-state index contributed by atoms with van der Waals surface area (Å²) in [5.74, 6) is -0.856. The summed E-state index contributed by atoms with van der Waals surface area (Å²) in [6.45, 7) is 1.41. The average molecular weight is 313 g/mol. The van der Waals surface area contributed by atoms with Gasteiger partial charge in [-0.1, -0.05) is 0 Å². The van der Waals surface area contributed by atoms with Crippen molar-refractivity contribution < 1.29 is 23.9 Å². The van der Waals surface area contributed by atoms with Crippen LogP contribution in [0.3, 0.4) is 0 Å². The molecule has 1 N–H and O–H groups in total. The molecular weight excluding hydrogens is 294 g/mol. The van der Waals surface area contributed by atoms with E-state index in [9.17, 15) is 14.4 Å². The molecule has 0 aliphatic carbocycles. The third-order valence-electron chi connectivity index (χ3n) is 2.77. The summed E-state index contributed by atoms with van der Waals surface area (Å²) >= 11 is 1.29. The van der Waals surface area contributed by atoms with E-state index in [1.807, 2.05) is 0 Å². The summed E-state index contributed by atoms with van der Waals surface area (Å²) in [6, 6.07) is 1.62. The van der Waals surface area contributed by atoms with E-state index in [1.165, 1.54) is 32.5 Å². The number of unbranched alkanes of at least 4 members (excludes halogenated alkanes) is 1. The predicted molar refractivity (Wildman–Crippen MR) is 79.5 cm³/mol. The Hall–Kier alpha value is -1.89. The molecule has 0 saturated heterocycles. The minimum absolute atomic E-state index is 0.194. The molecule has 0 fully saturated rings. The van der Waals surface area contributed by atoms with E-state index in [2.05, 4.69) is 14.8 Å². The highest BCUT2D eigenvalue weighted by Gasteiger charge is 2.15. The van der Waals surface area contributed by atoms with Crippen LogP contribution in [0.2, 0.25) is 0 Å². The number of thiophene rings is 1. The molecule has 116 valence electrons. The van der Waals surface area contributed by atoms with E-state index in [-0.39, 0.29) is 11.9 Å². The number of aryl methyl sites for hydroxylation is 1. The highest BCUT2D eigenvalue weighted by molar-refractivity contribution is 7.14. The number of hydrogen-bond acceptors (Lipinski definition) is 6. The number of anilines is 1. The number of methoxy groups -OCH3 is 2. The van der Waals surface area contributed by atoms with Crippen LogP contribution in [0.15, 0.2) is 6.07 Å². The fourth-order valence-corrected chi connectivity index (χ4v) is 2.84. The van der Waals surface area contributed by atoms with Crippen LogP contribution >= 0.6 is 11.3 Å². The molecule has 7 heteroatoms. The second kappa shape index (κ2) is 8.41. The first-order chi connectivity index (χ1) is 9.97. The van der Waals surface area contributed by atoms with E-state index < -0.39 is 5.97 Å². The first kappa shape index (κ1) is 17.2. The SMILES string of the molecule is COC(=O)CCCCc1sc(C(=O)OC)cc1NC(C)=O. The standard InChI is InChI=1S/C14H19NO5S/c1-9(16)15-10-8-12(14(18)20-3)21-11(10)6-4-5-7-13(17)19-2/h8H,4-7H2,1-3H3,(H,15,16). The lowest BCUT2D eigenvalue weighted by atomic mass is 10.1. The molecule has 6 nitrogen and oxygen atoms in total. The van der Waals surface area contributed by atoms with E-state index in [4.69, 9.17) is 0 Å². The van der Waals surface area contributed by atoms with Gasteiger partial charge in [-0.2, -0.15) is 0 Å². The topological polar surface area (TPSA) is 81.7 Å². The Morgan fingerprint density at radius 3 is 2.48 bits per heavy atom. The van der Waals surface area contributed by atoms with Crippen molar-refractivity contribution in [1.29, 1.82) is 0 Å². The maximum atomic E-state index is 11.5. The van der Waals surface area contributed by atoms with Gasteiger partial charge in [-0.05, 0) is 25.3 Å². The molecule has 0 saturated carbocycles. The second-order valence-corrected chi connectivity index (χ2v) is 5.54. The highest BCUT2D eigenvalue weighted by atomic mass is 32.1. The normalized spacial score (nSPS) is 10.0. The van der Waals surface area contributed by atoms with Crippen LogP contribution in [-0.4, -0.2) is 32.1 Å². The largest absolute Gasteiger partial charge is 0.469 e. The monoisotopic (exact) mass is 313 g/mol. The van der Waals surface area contributed by atoms with Crippen LogP contribution < -0.4 is 5.32 Å². The van der Waals surface area contributed by atoms with Crippen molar-refractivity contribution in [3.63, 3.8) is 0 Å². The van der Waals surface area contributed by atoms with Gasteiger partial charge in [0.15, 0.2) is 0 Å². The van der Waals surface area contributed by atoms with Crippen LogP contribution in [0.5, 0.6) is 0 Å². The van der Waals surface area contributed by atoms with Crippen LogP contribution in [0.25, 0.3) is 0 Å². The van der Waals surface area contributed by atoms with Crippen molar-refractivity contribution in [1.82, 2.24) is 0 Å². The molecule has 0 aromatic carbocycles. The minimum Gasteiger partial charge on any atom is -0.469 e. The van der Waals surface area contributed by atoms with Gasteiger partial charge in [-0.15, -0.1) is 11.3 Å². The molecule has 1 rings (SSSR count). The molecule has 0 aliphatic heterocycles. The molecule has 0 aliphatic rings. The minimum atomic E-state index is -0.424. The van der Waals surface area contributed by atoms with Crippen LogP contribution in [0, 0.1) is 0 Å². The number of amides is 1. The van der Waals surface area contributed by atoms with E-state index in [0.717, 1.165) is 11.3 Å². The highest BCUT2D eigenvalue weighted by Crippen LogP contribution is 2.29. The zero-order valence-electron chi connectivity index (χ0n) is 12.4.